The Morgan fingerprint density at radius 3 is 2.44 bits per heavy atom. The molecule has 1 aliphatic carbocycles. The van der Waals surface area contributed by atoms with Gasteiger partial charge in [-0.25, -0.2) is 0 Å². The van der Waals surface area contributed by atoms with Crippen LogP contribution in [0.2, 0.25) is 0 Å². The molecule has 1 unspecified atom stereocenters. The number of hydrogen-bond donors (Lipinski definition) is 1. The van der Waals surface area contributed by atoms with E-state index in [4.69, 9.17) is 0 Å². The first kappa shape index (κ1) is 19.7. The van der Waals surface area contributed by atoms with Crippen molar-refractivity contribution in [2.24, 2.45) is 11.3 Å². The molecule has 0 aromatic heterocycles. The van der Waals surface area contributed by atoms with Gasteiger partial charge in [-0.1, -0.05) is 82.0 Å². The average Bonchev–Trinajstić information content (AvgIpc) is 3.13. The lowest BCUT2D eigenvalue weighted by Crippen LogP contribution is -2.35. The van der Waals surface area contributed by atoms with E-state index in [1.807, 2.05) is 12.1 Å². The summed E-state index contributed by atoms with van der Waals surface area (Å²) in [4.78, 5) is 13.2. The minimum absolute atomic E-state index is 0.163. The van der Waals surface area contributed by atoms with E-state index in [9.17, 15) is 4.79 Å². The Hall–Kier alpha value is -2.09. The minimum atomic E-state index is -0.163. The van der Waals surface area contributed by atoms with E-state index in [0.717, 1.165) is 31.4 Å². The van der Waals surface area contributed by atoms with Gasteiger partial charge in [0.05, 0.1) is 0 Å². The molecule has 0 aliphatic heterocycles. The predicted molar refractivity (Wildman–Crippen MR) is 114 cm³/mol. The highest BCUT2D eigenvalue weighted by molar-refractivity contribution is 5.95. The van der Waals surface area contributed by atoms with Crippen molar-refractivity contribution in [1.82, 2.24) is 0 Å². The number of amides is 1. The molecule has 1 aliphatic rings. The Morgan fingerprint density at radius 1 is 1.04 bits per heavy atom. The molecule has 1 N–H and O–H groups in total. The van der Waals surface area contributed by atoms with Gasteiger partial charge in [-0.2, -0.15) is 0 Å². The van der Waals surface area contributed by atoms with Crippen LogP contribution in [-0.4, -0.2) is 5.91 Å². The van der Waals surface area contributed by atoms with Crippen molar-refractivity contribution in [3.05, 3.63) is 65.7 Å². The molecule has 3 rings (SSSR count). The average molecular weight is 364 g/mol. The van der Waals surface area contributed by atoms with Crippen LogP contribution in [0.3, 0.4) is 0 Å². The third kappa shape index (κ3) is 5.22. The molecule has 1 atom stereocenters. The maximum atomic E-state index is 13.2. The van der Waals surface area contributed by atoms with Crippen molar-refractivity contribution in [3.63, 3.8) is 0 Å². The van der Waals surface area contributed by atoms with Crippen LogP contribution < -0.4 is 5.32 Å². The van der Waals surface area contributed by atoms with E-state index in [1.165, 1.54) is 36.8 Å². The molecule has 0 bridgehead atoms. The van der Waals surface area contributed by atoms with Crippen molar-refractivity contribution in [2.75, 3.05) is 5.32 Å². The maximum Gasteiger partial charge on any atom is 0.230 e. The highest BCUT2D eigenvalue weighted by atomic mass is 16.2. The minimum Gasteiger partial charge on any atom is -0.326 e. The molecule has 0 heterocycles. The van der Waals surface area contributed by atoms with Gasteiger partial charge in [-0.15, -0.1) is 0 Å². The summed E-state index contributed by atoms with van der Waals surface area (Å²) in [5.74, 6) is 0.850. The molecule has 1 saturated carbocycles. The largest absolute Gasteiger partial charge is 0.326 e. The summed E-state index contributed by atoms with van der Waals surface area (Å²) in [6.07, 6.45) is 8.76. The van der Waals surface area contributed by atoms with Crippen LogP contribution in [0.15, 0.2) is 54.6 Å². The zero-order valence-electron chi connectivity index (χ0n) is 16.8. The van der Waals surface area contributed by atoms with Crippen LogP contribution in [0.5, 0.6) is 0 Å². The van der Waals surface area contributed by atoms with E-state index in [-0.39, 0.29) is 11.3 Å². The van der Waals surface area contributed by atoms with Crippen molar-refractivity contribution in [1.29, 1.82) is 0 Å². The molecule has 1 fully saturated rings. The first-order chi connectivity index (χ1) is 13.1. The van der Waals surface area contributed by atoms with Crippen LogP contribution in [0.4, 0.5) is 5.69 Å². The van der Waals surface area contributed by atoms with Crippen LogP contribution in [0.1, 0.15) is 69.9 Å². The van der Waals surface area contributed by atoms with Crippen molar-refractivity contribution in [2.45, 2.75) is 65.2 Å². The van der Waals surface area contributed by atoms with Gasteiger partial charge < -0.3 is 5.32 Å². The summed E-state index contributed by atoms with van der Waals surface area (Å²) in [6.45, 7) is 4.54. The summed E-state index contributed by atoms with van der Waals surface area (Å²) < 4.78 is 0. The second-order valence-corrected chi connectivity index (χ2v) is 8.40. The molecule has 2 aromatic rings. The Bertz CT molecular complexity index is 731. The topological polar surface area (TPSA) is 29.1 Å². The quantitative estimate of drug-likeness (QED) is 0.562. The summed E-state index contributed by atoms with van der Waals surface area (Å²) in [6, 6.07) is 18.8. The monoisotopic (exact) mass is 363 g/mol. The van der Waals surface area contributed by atoms with E-state index < -0.39 is 0 Å². The molecule has 144 valence electrons. The maximum absolute atomic E-state index is 13.2. The number of nitrogens with one attached hydrogen (secondary N) is 1. The van der Waals surface area contributed by atoms with Gasteiger partial charge in [-0.3, -0.25) is 4.79 Å². The van der Waals surface area contributed by atoms with Gasteiger partial charge in [0.25, 0.3) is 0 Å². The number of rotatable bonds is 8. The van der Waals surface area contributed by atoms with Crippen LogP contribution in [-0.2, 0) is 11.2 Å². The normalized spacial score (nSPS) is 16.8. The fraction of sp³-hybridized carbons (Fsp3) is 0.480. The summed E-state index contributed by atoms with van der Waals surface area (Å²) in [7, 11) is 0. The summed E-state index contributed by atoms with van der Waals surface area (Å²) in [5.41, 5.74) is 3.30. The molecule has 2 aromatic carbocycles. The van der Waals surface area contributed by atoms with Gasteiger partial charge in [-0.05, 0) is 54.9 Å². The molecule has 1 amide bonds. The van der Waals surface area contributed by atoms with E-state index in [0.29, 0.717) is 5.92 Å². The molecule has 27 heavy (non-hydrogen) atoms. The Labute approximate surface area is 164 Å². The van der Waals surface area contributed by atoms with E-state index in [1.54, 1.807) is 0 Å². The zero-order valence-corrected chi connectivity index (χ0v) is 16.8. The van der Waals surface area contributed by atoms with Gasteiger partial charge in [0, 0.05) is 11.1 Å². The smallest absolute Gasteiger partial charge is 0.230 e. The predicted octanol–water partition coefficient (Wildman–Crippen LogP) is 6.60. The standard InChI is InChI=1S/C25H33NO/c1-3-10-20(2)19-25(15-7-8-16-25)24(27)26-23-14-9-13-22(18-23)17-21-11-5-4-6-12-21/h4-6,9,11-14,18,20H,3,7-8,10,15-17,19H2,1-2H3,(H,26,27). The lowest BCUT2D eigenvalue weighted by Gasteiger charge is -2.30. The highest BCUT2D eigenvalue weighted by Gasteiger charge is 2.41. The fourth-order valence-corrected chi connectivity index (χ4v) is 4.69. The number of hydrogen-bond acceptors (Lipinski definition) is 1. The van der Waals surface area contributed by atoms with Crippen molar-refractivity contribution < 1.29 is 4.79 Å². The summed E-state index contributed by atoms with van der Waals surface area (Å²) >= 11 is 0. The number of benzene rings is 2. The lowest BCUT2D eigenvalue weighted by atomic mass is 9.76. The van der Waals surface area contributed by atoms with E-state index in [2.05, 4.69) is 61.6 Å². The molecular formula is C25H33NO. The van der Waals surface area contributed by atoms with Crippen molar-refractivity contribution in [3.8, 4) is 0 Å². The van der Waals surface area contributed by atoms with Gasteiger partial charge in [0.2, 0.25) is 5.91 Å². The number of carbonyl (C=O) groups excluding carboxylic acids is 1. The number of anilines is 1. The Morgan fingerprint density at radius 2 is 1.74 bits per heavy atom. The van der Waals surface area contributed by atoms with E-state index >= 15 is 0 Å². The first-order valence-electron chi connectivity index (χ1n) is 10.6. The molecule has 0 saturated heterocycles. The zero-order chi connectivity index (χ0) is 19.1. The molecular weight excluding hydrogens is 330 g/mol. The van der Waals surface area contributed by atoms with Crippen LogP contribution >= 0.6 is 0 Å². The number of carbonyl (C=O) groups is 1. The van der Waals surface area contributed by atoms with Crippen molar-refractivity contribution >= 4 is 11.6 Å². The fourth-order valence-electron chi connectivity index (χ4n) is 4.69. The summed E-state index contributed by atoms with van der Waals surface area (Å²) in [5, 5.41) is 3.26. The Balaban J connectivity index is 1.69. The van der Waals surface area contributed by atoms with Crippen LogP contribution in [0.25, 0.3) is 0 Å². The second-order valence-electron chi connectivity index (χ2n) is 8.40. The van der Waals surface area contributed by atoms with Gasteiger partial charge in [0.1, 0.15) is 0 Å². The third-order valence-corrected chi connectivity index (χ3v) is 6.00. The first-order valence-corrected chi connectivity index (χ1v) is 10.6. The van der Waals surface area contributed by atoms with Gasteiger partial charge in [0.15, 0.2) is 0 Å². The van der Waals surface area contributed by atoms with Gasteiger partial charge >= 0.3 is 0 Å². The lowest BCUT2D eigenvalue weighted by molar-refractivity contribution is -0.126. The molecule has 0 spiro atoms. The highest BCUT2D eigenvalue weighted by Crippen LogP contribution is 2.44. The van der Waals surface area contributed by atoms with Crippen LogP contribution in [0, 0.1) is 11.3 Å². The Kier molecular flexibility index (Phi) is 6.71. The SMILES string of the molecule is CCCC(C)CC1(C(=O)Nc2cccc(Cc3ccccc3)c2)CCCC1. The molecule has 2 heteroatoms. The molecule has 0 radical (unpaired) electrons. The second kappa shape index (κ2) is 9.21. The third-order valence-electron chi connectivity index (χ3n) is 6.00. The molecule has 2 nitrogen and oxygen atoms in total.